The van der Waals surface area contributed by atoms with E-state index < -0.39 is 12.1 Å². The summed E-state index contributed by atoms with van der Waals surface area (Å²) in [5, 5.41) is 5.40. The molecule has 4 N–H and O–H groups in total. The van der Waals surface area contributed by atoms with Gasteiger partial charge in [0.25, 0.3) is 0 Å². The normalized spacial score (nSPS) is 13.7. The standard InChI is InChI=1S/C15H23N3O2/c1-10(2)9-17-14(19)11(3)18-15(20)13(16)12-7-5-4-6-8-12/h4-8,10-11,13H,9,16H2,1-3H3,(H,17,19)(H,18,20)/t11?,13-/m0/s1. The number of carbonyl (C=O) groups excluding carboxylic acids is 2. The van der Waals surface area contributed by atoms with Crippen LogP contribution in [0.25, 0.3) is 0 Å². The number of hydrogen-bond donors (Lipinski definition) is 3. The van der Waals surface area contributed by atoms with Gasteiger partial charge in [-0.3, -0.25) is 9.59 Å². The van der Waals surface area contributed by atoms with Gasteiger partial charge in [-0.1, -0.05) is 44.2 Å². The number of carbonyl (C=O) groups is 2. The van der Waals surface area contributed by atoms with Crippen LogP contribution in [0.3, 0.4) is 0 Å². The largest absolute Gasteiger partial charge is 0.354 e. The van der Waals surface area contributed by atoms with Crippen LogP contribution in [-0.4, -0.2) is 24.4 Å². The molecule has 20 heavy (non-hydrogen) atoms. The van der Waals surface area contributed by atoms with E-state index in [4.69, 9.17) is 5.73 Å². The van der Waals surface area contributed by atoms with Crippen molar-refractivity contribution in [3.05, 3.63) is 35.9 Å². The molecule has 2 atom stereocenters. The summed E-state index contributed by atoms with van der Waals surface area (Å²) in [6.07, 6.45) is 0. The molecule has 0 aliphatic rings. The Morgan fingerprint density at radius 2 is 1.70 bits per heavy atom. The summed E-state index contributed by atoms with van der Waals surface area (Å²) >= 11 is 0. The van der Waals surface area contributed by atoms with Gasteiger partial charge in [-0.2, -0.15) is 0 Å². The van der Waals surface area contributed by atoms with E-state index in [9.17, 15) is 9.59 Å². The maximum absolute atomic E-state index is 12.0. The minimum absolute atomic E-state index is 0.202. The summed E-state index contributed by atoms with van der Waals surface area (Å²) in [4.78, 5) is 23.8. The molecule has 0 bridgehead atoms. The van der Waals surface area contributed by atoms with E-state index in [0.717, 1.165) is 5.56 Å². The fourth-order valence-electron chi connectivity index (χ4n) is 1.64. The van der Waals surface area contributed by atoms with Crippen LogP contribution in [0, 0.1) is 5.92 Å². The van der Waals surface area contributed by atoms with Crippen LogP contribution in [-0.2, 0) is 9.59 Å². The molecule has 0 saturated heterocycles. The Balaban J connectivity index is 2.51. The fourth-order valence-corrected chi connectivity index (χ4v) is 1.64. The quantitative estimate of drug-likeness (QED) is 0.724. The first-order valence-electron chi connectivity index (χ1n) is 6.80. The van der Waals surface area contributed by atoms with Crippen LogP contribution in [0.2, 0.25) is 0 Å². The lowest BCUT2D eigenvalue weighted by Crippen LogP contribution is -2.48. The second-order valence-electron chi connectivity index (χ2n) is 5.26. The molecule has 110 valence electrons. The van der Waals surface area contributed by atoms with Gasteiger partial charge in [0.15, 0.2) is 0 Å². The molecular weight excluding hydrogens is 254 g/mol. The minimum Gasteiger partial charge on any atom is -0.354 e. The second kappa shape index (κ2) is 7.65. The van der Waals surface area contributed by atoms with E-state index in [1.807, 2.05) is 32.0 Å². The van der Waals surface area contributed by atoms with Crippen molar-refractivity contribution in [2.24, 2.45) is 11.7 Å². The third-order valence-electron chi connectivity index (χ3n) is 2.88. The zero-order chi connectivity index (χ0) is 15.1. The van der Waals surface area contributed by atoms with Gasteiger partial charge in [-0.25, -0.2) is 0 Å². The molecule has 5 nitrogen and oxygen atoms in total. The predicted molar refractivity (Wildman–Crippen MR) is 78.8 cm³/mol. The first kappa shape index (κ1) is 16.2. The highest BCUT2D eigenvalue weighted by Crippen LogP contribution is 2.09. The summed E-state index contributed by atoms with van der Waals surface area (Å²) < 4.78 is 0. The van der Waals surface area contributed by atoms with Crippen molar-refractivity contribution in [1.29, 1.82) is 0 Å². The van der Waals surface area contributed by atoms with Crippen molar-refractivity contribution >= 4 is 11.8 Å². The molecule has 0 fully saturated rings. The number of rotatable bonds is 6. The van der Waals surface area contributed by atoms with Crippen molar-refractivity contribution < 1.29 is 9.59 Å². The van der Waals surface area contributed by atoms with E-state index in [2.05, 4.69) is 10.6 Å². The van der Waals surface area contributed by atoms with Gasteiger partial charge in [0.05, 0.1) is 0 Å². The van der Waals surface area contributed by atoms with Crippen molar-refractivity contribution in [3.63, 3.8) is 0 Å². The average molecular weight is 277 g/mol. The summed E-state index contributed by atoms with van der Waals surface area (Å²) in [5.74, 6) is -0.191. The summed E-state index contributed by atoms with van der Waals surface area (Å²) in [5.41, 5.74) is 6.59. The molecule has 0 aliphatic carbocycles. The Bertz CT molecular complexity index is 446. The highest BCUT2D eigenvalue weighted by molar-refractivity contribution is 5.89. The molecular formula is C15H23N3O2. The van der Waals surface area contributed by atoms with Crippen LogP contribution in [0.5, 0.6) is 0 Å². The smallest absolute Gasteiger partial charge is 0.242 e. The van der Waals surface area contributed by atoms with Gasteiger partial charge in [-0.15, -0.1) is 0 Å². The topological polar surface area (TPSA) is 84.2 Å². The molecule has 0 aliphatic heterocycles. The van der Waals surface area contributed by atoms with Crippen LogP contribution < -0.4 is 16.4 Å². The van der Waals surface area contributed by atoms with Crippen molar-refractivity contribution in [3.8, 4) is 0 Å². The second-order valence-corrected chi connectivity index (χ2v) is 5.26. The van der Waals surface area contributed by atoms with E-state index in [0.29, 0.717) is 12.5 Å². The van der Waals surface area contributed by atoms with Crippen molar-refractivity contribution in [2.45, 2.75) is 32.9 Å². The lowest BCUT2D eigenvalue weighted by atomic mass is 10.1. The van der Waals surface area contributed by atoms with E-state index in [1.54, 1.807) is 19.1 Å². The molecule has 5 heteroatoms. The average Bonchev–Trinajstić information content (AvgIpc) is 2.44. The first-order chi connectivity index (χ1) is 9.41. The lowest BCUT2D eigenvalue weighted by Gasteiger charge is -2.18. The molecule has 0 heterocycles. The van der Waals surface area contributed by atoms with Gasteiger partial charge in [0, 0.05) is 6.54 Å². The Hall–Kier alpha value is -1.88. The van der Waals surface area contributed by atoms with Crippen LogP contribution in [0.15, 0.2) is 30.3 Å². The first-order valence-corrected chi connectivity index (χ1v) is 6.80. The summed E-state index contributed by atoms with van der Waals surface area (Å²) in [6.45, 7) is 6.25. The van der Waals surface area contributed by atoms with Crippen molar-refractivity contribution in [1.82, 2.24) is 10.6 Å². The van der Waals surface area contributed by atoms with E-state index >= 15 is 0 Å². The monoisotopic (exact) mass is 277 g/mol. The molecule has 1 aromatic rings. The van der Waals surface area contributed by atoms with E-state index in [-0.39, 0.29) is 11.8 Å². The zero-order valence-corrected chi connectivity index (χ0v) is 12.2. The predicted octanol–water partition coefficient (Wildman–Crippen LogP) is 0.963. The summed E-state index contributed by atoms with van der Waals surface area (Å²) in [6, 6.07) is 7.70. The zero-order valence-electron chi connectivity index (χ0n) is 12.2. The molecule has 1 unspecified atom stereocenters. The van der Waals surface area contributed by atoms with Gasteiger partial charge in [0.1, 0.15) is 12.1 Å². The SMILES string of the molecule is CC(C)CNC(=O)C(C)NC(=O)[C@@H](N)c1ccccc1. The summed E-state index contributed by atoms with van der Waals surface area (Å²) in [7, 11) is 0. The van der Waals surface area contributed by atoms with Crippen LogP contribution in [0.1, 0.15) is 32.4 Å². The van der Waals surface area contributed by atoms with Gasteiger partial charge < -0.3 is 16.4 Å². The number of amides is 2. The maximum Gasteiger partial charge on any atom is 0.242 e. The van der Waals surface area contributed by atoms with Gasteiger partial charge >= 0.3 is 0 Å². The van der Waals surface area contributed by atoms with Gasteiger partial charge in [0.2, 0.25) is 11.8 Å². The van der Waals surface area contributed by atoms with Crippen molar-refractivity contribution in [2.75, 3.05) is 6.54 Å². The Labute approximate surface area is 119 Å². The fraction of sp³-hybridized carbons (Fsp3) is 0.467. The highest BCUT2D eigenvalue weighted by Gasteiger charge is 2.20. The maximum atomic E-state index is 12.0. The molecule has 0 aromatic heterocycles. The molecule has 1 aromatic carbocycles. The Kier molecular flexibility index (Phi) is 6.18. The molecule has 0 spiro atoms. The molecule has 1 rings (SSSR count). The number of nitrogens with one attached hydrogen (secondary N) is 2. The lowest BCUT2D eigenvalue weighted by molar-refractivity contribution is -0.129. The Morgan fingerprint density at radius 1 is 1.10 bits per heavy atom. The van der Waals surface area contributed by atoms with E-state index in [1.165, 1.54) is 0 Å². The number of nitrogens with two attached hydrogens (primary N) is 1. The van der Waals surface area contributed by atoms with Crippen LogP contribution >= 0.6 is 0 Å². The highest BCUT2D eigenvalue weighted by atomic mass is 16.2. The third-order valence-corrected chi connectivity index (χ3v) is 2.88. The minimum atomic E-state index is -0.767. The molecule has 0 saturated carbocycles. The molecule has 2 amide bonds. The van der Waals surface area contributed by atoms with Crippen LogP contribution in [0.4, 0.5) is 0 Å². The molecule has 0 radical (unpaired) electrons. The third kappa shape index (κ3) is 5.01. The van der Waals surface area contributed by atoms with Gasteiger partial charge in [-0.05, 0) is 18.4 Å². The number of benzene rings is 1. The number of hydrogen-bond acceptors (Lipinski definition) is 3. The Morgan fingerprint density at radius 3 is 2.25 bits per heavy atom.